The molecule has 1 atom stereocenters. The topological polar surface area (TPSA) is 55.5 Å². The summed E-state index contributed by atoms with van der Waals surface area (Å²) < 4.78 is 31.3. The van der Waals surface area contributed by atoms with Gasteiger partial charge in [0.2, 0.25) is 0 Å². The second-order valence-electron chi connectivity index (χ2n) is 3.18. The largest absolute Gasteiger partial charge is 0.503 e. The Morgan fingerprint density at radius 1 is 1.50 bits per heavy atom. The van der Waals surface area contributed by atoms with Gasteiger partial charge in [0.25, 0.3) is 0 Å². The molecule has 0 aliphatic carbocycles. The lowest BCUT2D eigenvalue weighted by Gasteiger charge is -2.23. The third kappa shape index (κ3) is 1.21. The predicted molar refractivity (Wildman–Crippen MR) is 45.1 cm³/mol. The molecule has 1 aliphatic rings. The van der Waals surface area contributed by atoms with Crippen LogP contribution < -0.4 is 10.5 Å². The van der Waals surface area contributed by atoms with Crippen LogP contribution >= 0.6 is 0 Å². The molecule has 0 saturated heterocycles. The van der Waals surface area contributed by atoms with Gasteiger partial charge in [-0.3, -0.25) is 0 Å². The van der Waals surface area contributed by atoms with Gasteiger partial charge < -0.3 is 15.6 Å². The summed E-state index contributed by atoms with van der Waals surface area (Å²) in [6.07, 6.45) is 0.453. The molecule has 2 rings (SSSR count). The van der Waals surface area contributed by atoms with Crippen LogP contribution in [0.4, 0.5) is 8.78 Å². The molecule has 3 nitrogen and oxygen atoms in total. The number of aromatic hydroxyl groups is 1. The number of benzene rings is 1. The molecule has 0 saturated carbocycles. The highest BCUT2D eigenvalue weighted by molar-refractivity contribution is 5.45. The van der Waals surface area contributed by atoms with Crippen molar-refractivity contribution in [1.82, 2.24) is 0 Å². The first kappa shape index (κ1) is 9.21. The van der Waals surface area contributed by atoms with Gasteiger partial charge >= 0.3 is 0 Å². The minimum absolute atomic E-state index is 0.0511. The zero-order valence-corrected chi connectivity index (χ0v) is 7.26. The quantitative estimate of drug-likeness (QED) is 0.668. The van der Waals surface area contributed by atoms with Crippen LogP contribution in [0.1, 0.15) is 18.0 Å². The predicted octanol–water partition coefficient (Wildman–Crippen LogP) is 1.45. The minimum atomic E-state index is -1.03. The summed E-state index contributed by atoms with van der Waals surface area (Å²) in [5.41, 5.74) is 5.66. The van der Waals surface area contributed by atoms with Crippen molar-refractivity contribution in [3.05, 3.63) is 23.3 Å². The van der Waals surface area contributed by atoms with E-state index in [4.69, 9.17) is 15.6 Å². The summed E-state index contributed by atoms with van der Waals surface area (Å²) in [5.74, 6) is -2.97. The normalized spacial score (nSPS) is 20.1. The minimum Gasteiger partial charge on any atom is -0.503 e. The Labute approximate surface area is 79.1 Å². The molecule has 0 fully saturated rings. The Hall–Kier alpha value is -1.36. The van der Waals surface area contributed by atoms with Crippen molar-refractivity contribution < 1.29 is 18.6 Å². The molecular weight excluding hydrogens is 192 g/mol. The van der Waals surface area contributed by atoms with E-state index in [1.165, 1.54) is 0 Å². The fourth-order valence-corrected chi connectivity index (χ4v) is 1.51. The van der Waals surface area contributed by atoms with Crippen molar-refractivity contribution in [3.8, 4) is 11.5 Å². The van der Waals surface area contributed by atoms with Crippen molar-refractivity contribution in [3.63, 3.8) is 0 Å². The van der Waals surface area contributed by atoms with E-state index in [0.29, 0.717) is 13.0 Å². The third-order valence-electron chi connectivity index (χ3n) is 2.25. The van der Waals surface area contributed by atoms with Gasteiger partial charge in [0, 0.05) is 18.5 Å². The highest BCUT2D eigenvalue weighted by atomic mass is 19.1. The Balaban J connectivity index is 2.64. The molecule has 1 heterocycles. The van der Waals surface area contributed by atoms with Gasteiger partial charge in [0.05, 0.1) is 12.2 Å². The van der Waals surface area contributed by atoms with Crippen molar-refractivity contribution in [2.24, 2.45) is 5.73 Å². The molecule has 0 bridgehead atoms. The lowest BCUT2D eigenvalue weighted by molar-refractivity contribution is 0.257. The third-order valence-corrected chi connectivity index (χ3v) is 2.25. The second-order valence-corrected chi connectivity index (χ2v) is 3.18. The maximum atomic E-state index is 13.3. The van der Waals surface area contributed by atoms with Crippen LogP contribution in [-0.4, -0.2) is 11.7 Å². The zero-order chi connectivity index (χ0) is 10.3. The first-order valence-electron chi connectivity index (χ1n) is 4.20. The Morgan fingerprint density at radius 2 is 2.21 bits per heavy atom. The van der Waals surface area contributed by atoms with Crippen LogP contribution in [-0.2, 0) is 0 Å². The zero-order valence-electron chi connectivity index (χ0n) is 7.26. The molecule has 14 heavy (non-hydrogen) atoms. The van der Waals surface area contributed by atoms with Gasteiger partial charge in [-0.05, 0) is 0 Å². The van der Waals surface area contributed by atoms with Crippen LogP contribution in [0.3, 0.4) is 0 Å². The first-order valence-corrected chi connectivity index (χ1v) is 4.20. The van der Waals surface area contributed by atoms with E-state index >= 15 is 0 Å². The fourth-order valence-electron chi connectivity index (χ4n) is 1.51. The lowest BCUT2D eigenvalue weighted by Crippen LogP contribution is -2.22. The summed E-state index contributed by atoms with van der Waals surface area (Å²) in [6.45, 7) is 0.331. The van der Waals surface area contributed by atoms with Gasteiger partial charge in [-0.2, -0.15) is 0 Å². The van der Waals surface area contributed by atoms with Gasteiger partial charge in [-0.1, -0.05) is 0 Å². The summed E-state index contributed by atoms with van der Waals surface area (Å²) in [6, 6.07) is 0.400. The summed E-state index contributed by atoms with van der Waals surface area (Å²) in [7, 11) is 0. The average molecular weight is 201 g/mol. The van der Waals surface area contributed by atoms with Crippen LogP contribution in [0.15, 0.2) is 6.07 Å². The molecule has 0 amide bonds. The van der Waals surface area contributed by atoms with Crippen molar-refractivity contribution >= 4 is 0 Å². The van der Waals surface area contributed by atoms with E-state index in [1.54, 1.807) is 0 Å². The van der Waals surface area contributed by atoms with Crippen LogP contribution in [0, 0.1) is 11.6 Å². The molecule has 1 aromatic carbocycles. The maximum absolute atomic E-state index is 13.3. The number of fused-ring (bicyclic) bond motifs is 1. The molecule has 76 valence electrons. The number of hydrogen-bond acceptors (Lipinski definition) is 3. The summed E-state index contributed by atoms with van der Waals surface area (Å²) in [4.78, 5) is 0. The summed E-state index contributed by atoms with van der Waals surface area (Å²) in [5, 5.41) is 9.02. The Morgan fingerprint density at radius 3 is 2.93 bits per heavy atom. The van der Waals surface area contributed by atoms with E-state index in [2.05, 4.69) is 0 Å². The number of nitrogens with two attached hydrogens (primary N) is 1. The molecule has 3 N–H and O–H groups in total. The molecule has 0 aromatic heterocycles. The van der Waals surface area contributed by atoms with E-state index in [9.17, 15) is 8.78 Å². The molecule has 5 heteroatoms. The van der Waals surface area contributed by atoms with Crippen molar-refractivity contribution in [1.29, 1.82) is 0 Å². The lowest BCUT2D eigenvalue weighted by atomic mass is 10.0. The molecule has 0 spiro atoms. The van der Waals surface area contributed by atoms with Crippen LogP contribution in [0.25, 0.3) is 0 Å². The van der Waals surface area contributed by atoms with E-state index in [1.807, 2.05) is 0 Å². The van der Waals surface area contributed by atoms with Crippen molar-refractivity contribution in [2.75, 3.05) is 6.61 Å². The van der Waals surface area contributed by atoms with Crippen LogP contribution in [0.2, 0.25) is 0 Å². The Bertz CT molecular complexity index is 382. The van der Waals surface area contributed by atoms with Crippen LogP contribution in [0.5, 0.6) is 11.5 Å². The fraction of sp³-hybridized carbons (Fsp3) is 0.333. The van der Waals surface area contributed by atoms with Gasteiger partial charge in [-0.25, -0.2) is 8.78 Å². The van der Waals surface area contributed by atoms with E-state index < -0.39 is 23.4 Å². The number of hydrogen-bond donors (Lipinski definition) is 2. The molecule has 1 aromatic rings. The number of phenols is 1. The monoisotopic (exact) mass is 201 g/mol. The average Bonchev–Trinajstić information content (AvgIpc) is 2.14. The van der Waals surface area contributed by atoms with E-state index in [0.717, 1.165) is 6.07 Å². The van der Waals surface area contributed by atoms with Gasteiger partial charge in [0.1, 0.15) is 5.75 Å². The highest BCUT2D eigenvalue weighted by Gasteiger charge is 2.26. The molecule has 0 radical (unpaired) electrons. The Kier molecular flexibility index (Phi) is 2.03. The SMILES string of the molecule is N[C@@H]1CCOc2cc(F)c(O)c(F)c21. The standard InChI is InChI=1S/C9H9F2NO2/c10-4-3-6-7(8(11)9(4)13)5(12)1-2-14-6/h3,5,13H,1-2,12H2/t5-/m1/s1. The van der Waals surface area contributed by atoms with Gasteiger partial charge in [-0.15, -0.1) is 0 Å². The number of halogens is 2. The van der Waals surface area contributed by atoms with Gasteiger partial charge in [0.15, 0.2) is 17.4 Å². The molecule has 0 unspecified atom stereocenters. The number of ether oxygens (including phenoxy) is 1. The molecule has 1 aliphatic heterocycles. The number of phenolic OH excluding ortho intramolecular Hbond substituents is 1. The van der Waals surface area contributed by atoms with E-state index in [-0.39, 0.29) is 11.3 Å². The summed E-state index contributed by atoms with van der Waals surface area (Å²) >= 11 is 0. The number of rotatable bonds is 0. The molecular formula is C9H9F2NO2. The first-order chi connectivity index (χ1) is 6.61. The smallest absolute Gasteiger partial charge is 0.188 e. The second kappa shape index (κ2) is 3.09. The highest BCUT2D eigenvalue weighted by Crippen LogP contribution is 2.38. The maximum Gasteiger partial charge on any atom is 0.188 e. The van der Waals surface area contributed by atoms with Crippen molar-refractivity contribution in [2.45, 2.75) is 12.5 Å².